The predicted octanol–water partition coefficient (Wildman–Crippen LogP) is 0.266. The summed E-state index contributed by atoms with van der Waals surface area (Å²) in [6.07, 6.45) is 1.59. The molecule has 0 radical (unpaired) electrons. The lowest BCUT2D eigenvalue weighted by atomic mass is 10.4. The third kappa shape index (κ3) is 3.58. The summed E-state index contributed by atoms with van der Waals surface area (Å²) in [7, 11) is 1.63. The number of hydrogen-bond donors (Lipinski definition) is 2. The van der Waals surface area contributed by atoms with Gasteiger partial charge in [-0.2, -0.15) is 4.98 Å². The van der Waals surface area contributed by atoms with Crippen molar-refractivity contribution in [3.05, 3.63) is 10.7 Å². The van der Waals surface area contributed by atoms with Crippen molar-refractivity contribution in [1.82, 2.24) is 9.97 Å². The third-order valence-corrected chi connectivity index (χ3v) is 2.54. The fourth-order valence-electron chi connectivity index (χ4n) is 1.24. The van der Waals surface area contributed by atoms with Gasteiger partial charge in [0.1, 0.15) is 5.82 Å². The molecule has 0 bridgehead atoms. The molecule has 0 atom stereocenters. The fraction of sp³-hybridized carbons (Fsp3) is 0.556. The van der Waals surface area contributed by atoms with Crippen LogP contribution < -0.4 is 10.6 Å². The summed E-state index contributed by atoms with van der Waals surface area (Å²) in [5.41, 5.74) is 5.53. The molecule has 7 heteroatoms. The van der Waals surface area contributed by atoms with Crippen LogP contribution in [0.2, 0.25) is 0 Å². The molecular formula is C9H15BrN4O2. The molecule has 0 aliphatic carbocycles. The fourth-order valence-corrected chi connectivity index (χ4v) is 1.68. The Morgan fingerprint density at radius 3 is 2.94 bits per heavy atom. The summed E-state index contributed by atoms with van der Waals surface area (Å²) in [5, 5.41) is 8.99. The summed E-state index contributed by atoms with van der Waals surface area (Å²) < 4.78 is 5.74. The van der Waals surface area contributed by atoms with Crippen LogP contribution in [0.4, 0.5) is 11.8 Å². The summed E-state index contributed by atoms with van der Waals surface area (Å²) in [4.78, 5) is 9.87. The second-order valence-corrected chi connectivity index (χ2v) is 3.96. The van der Waals surface area contributed by atoms with E-state index in [4.69, 9.17) is 15.6 Å². The van der Waals surface area contributed by atoms with E-state index in [1.807, 2.05) is 4.90 Å². The zero-order chi connectivity index (χ0) is 12.0. The molecule has 1 aromatic heterocycles. The maximum absolute atomic E-state index is 8.99. The van der Waals surface area contributed by atoms with Gasteiger partial charge in [-0.3, -0.25) is 0 Å². The van der Waals surface area contributed by atoms with Gasteiger partial charge in [-0.1, -0.05) is 0 Å². The molecule has 3 N–H and O–H groups in total. The Morgan fingerprint density at radius 2 is 2.31 bits per heavy atom. The van der Waals surface area contributed by atoms with Crippen LogP contribution in [0.1, 0.15) is 0 Å². The monoisotopic (exact) mass is 290 g/mol. The van der Waals surface area contributed by atoms with Crippen LogP contribution in [0.25, 0.3) is 0 Å². The standard InChI is InChI=1S/C9H15BrN4O2/c1-16-5-3-14(2-4-15)8-7(10)6-12-9(11)13-8/h6,15H,2-5H2,1H3,(H2,11,12,13). The highest BCUT2D eigenvalue weighted by Gasteiger charge is 2.12. The molecule has 0 aliphatic heterocycles. The smallest absolute Gasteiger partial charge is 0.222 e. The van der Waals surface area contributed by atoms with Crippen LogP contribution in [0.3, 0.4) is 0 Å². The highest BCUT2D eigenvalue weighted by Crippen LogP contribution is 2.23. The lowest BCUT2D eigenvalue weighted by Crippen LogP contribution is -2.31. The molecule has 90 valence electrons. The van der Waals surface area contributed by atoms with Gasteiger partial charge in [0.25, 0.3) is 0 Å². The van der Waals surface area contributed by atoms with E-state index in [2.05, 4.69) is 25.9 Å². The first-order chi connectivity index (χ1) is 7.69. The maximum atomic E-state index is 8.99. The minimum atomic E-state index is 0.0417. The van der Waals surface area contributed by atoms with Gasteiger partial charge < -0.3 is 20.5 Å². The molecule has 1 rings (SSSR count). The highest BCUT2D eigenvalue weighted by molar-refractivity contribution is 9.10. The van der Waals surface area contributed by atoms with Gasteiger partial charge in [0.2, 0.25) is 5.95 Å². The number of rotatable bonds is 6. The Balaban J connectivity index is 2.85. The Kier molecular flexibility index (Phi) is 5.44. The van der Waals surface area contributed by atoms with Crippen LogP contribution in [-0.2, 0) is 4.74 Å². The molecule has 0 unspecified atom stereocenters. The molecule has 0 aliphatic rings. The number of halogens is 1. The first-order valence-electron chi connectivity index (χ1n) is 4.81. The molecule has 0 fully saturated rings. The molecule has 0 amide bonds. The molecule has 1 aromatic rings. The van der Waals surface area contributed by atoms with E-state index in [9.17, 15) is 0 Å². The van der Waals surface area contributed by atoms with Crippen molar-refractivity contribution in [2.75, 3.05) is 44.0 Å². The number of nitrogens with two attached hydrogens (primary N) is 1. The topological polar surface area (TPSA) is 84.5 Å². The molecule has 0 saturated heterocycles. The largest absolute Gasteiger partial charge is 0.395 e. The average molecular weight is 291 g/mol. The van der Waals surface area contributed by atoms with Crippen molar-refractivity contribution in [2.45, 2.75) is 0 Å². The van der Waals surface area contributed by atoms with Gasteiger partial charge in [0.05, 0.1) is 17.7 Å². The van der Waals surface area contributed by atoms with Gasteiger partial charge in [-0.25, -0.2) is 4.98 Å². The van der Waals surface area contributed by atoms with E-state index >= 15 is 0 Å². The van der Waals surface area contributed by atoms with Crippen molar-refractivity contribution in [3.63, 3.8) is 0 Å². The predicted molar refractivity (Wildman–Crippen MR) is 65.3 cm³/mol. The average Bonchev–Trinajstić information content (AvgIpc) is 2.28. The van der Waals surface area contributed by atoms with E-state index in [1.54, 1.807) is 13.3 Å². The number of aliphatic hydroxyl groups excluding tert-OH is 1. The first-order valence-corrected chi connectivity index (χ1v) is 5.61. The Morgan fingerprint density at radius 1 is 1.56 bits per heavy atom. The quantitative estimate of drug-likeness (QED) is 0.782. The van der Waals surface area contributed by atoms with E-state index < -0.39 is 0 Å². The number of nitrogens with zero attached hydrogens (tertiary/aromatic N) is 3. The summed E-state index contributed by atoms with van der Waals surface area (Å²) in [6.45, 7) is 1.70. The van der Waals surface area contributed by atoms with Crippen LogP contribution in [-0.4, -0.2) is 48.5 Å². The second-order valence-electron chi connectivity index (χ2n) is 3.10. The highest BCUT2D eigenvalue weighted by atomic mass is 79.9. The van der Waals surface area contributed by atoms with Crippen molar-refractivity contribution >= 4 is 27.7 Å². The summed E-state index contributed by atoms with van der Waals surface area (Å²) in [6, 6.07) is 0. The van der Waals surface area contributed by atoms with Crippen LogP contribution in [0.5, 0.6) is 0 Å². The van der Waals surface area contributed by atoms with Crippen LogP contribution in [0.15, 0.2) is 10.7 Å². The minimum absolute atomic E-state index is 0.0417. The molecule has 1 heterocycles. The van der Waals surface area contributed by atoms with Gasteiger partial charge in [-0.15, -0.1) is 0 Å². The van der Waals surface area contributed by atoms with E-state index in [0.717, 1.165) is 4.47 Å². The third-order valence-electron chi connectivity index (χ3n) is 1.98. The van der Waals surface area contributed by atoms with E-state index in [-0.39, 0.29) is 12.6 Å². The summed E-state index contributed by atoms with van der Waals surface area (Å²) in [5.74, 6) is 0.872. The van der Waals surface area contributed by atoms with E-state index in [1.165, 1.54) is 0 Å². The minimum Gasteiger partial charge on any atom is -0.395 e. The van der Waals surface area contributed by atoms with Crippen molar-refractivity contribution in [1.29, 1.82) is 0 Å². The normalized spacial score (nSPS) is 10.4. The zero-order valence-electron chi connectivity index (χ0n) is 9.06. The van der Waals surface area contributed by atoms with Gasteiger partial charge in [0, 0.05) is 26.4 Å². The molecule has 6 nitrogen and oxygen atoms in total. The number of aliphatic hydroxyl groups is 1. The second kappa shape index (κ2) is 6.62. The first kappa shape index (κ1) is 13.1. The maximum Gasteiger partial charge on any atom is 0.222 e. The molecule has 0 aromatic carbocycles. The number of anilines is 2. The molecule has 16 heavy (non-hydrogen) atoms. The Hall–Kier alpha value is -0.920. The lowest BCUT2D eigenvalue weighted by molar-refractivity contribution is 0.202. The van der Waals surface area contributed by atoms with E-state index in [0.29, 0.717) is 25.5 Å². The number of aromatic nitrogens is 2. The number of hydrogen-bond acceptors (Lipinski definition) is 6. The van der Waals surface area contributed by atoms with Crippen molar-refractivity contribution < 1.29 is 9.84 Å². The van der Waals surface area contributed by atoms with Crippen molar-refractivity contribution in [2.24, 2.45) is 0 Å². The van der Waals surface area contributed by atoms with Crippen molar-refractivity contribution in [3.8, 4) is 0 Å². The van der Waals surface area contributed by atoms with Crippen LogP contribution >= 0.6 is 15.9 Å². The lowest BCUT2D eigenvalue weighted by Gasteiger charge is -2.23. The molecule has 0 spiro atoms. The van der Waals surface area contributed by atoms with Crippen LogP contribution in [0, 0.1) is 0 Å². The zero-order valence-corrected chi connectivity index (χ0v) is 10.6. The SMILES string of the molecule is COCCN(CCO)c1nc(N)ncc1Br. The van der Waals surface area contributed by atoms with Gasteiger partial charge >= 0.3 is 0 Å². The van der Waals surface area contributed by atoms with Gasteiger partial charge in [-0.05, 0) is 15.9 Å². The number of ether oxygens (including phenoxy) is 1. The number of nitrogen functional groups attached to an aromatic ring is 1. The number of methoxy groups -OCH3 is 1. The molecule has 0 saturated carbocycles. The van der Waals surface area contributed by atoms with Gasteiger partial charge in [0.15, 0.2) is 0 Å². The molecular weight excluding hydrogens is 276 g/mol. The Labute approximate surface area is 103 Å². The Bertz CT molecular complexity index is 337. The summed E-state index contributed by atoms with van der Waals surface area (Å²) >= 11 is 3.35.